The molecule has 0 N–H and O–H groups in total. The first-order chi connectivity index (χ1) is 11.3. The minimum atomic E-state index is 0.0187. The molecule has 0 spiro atoms. The third-order valence-corrected chi connectivity index (χ3v) is 4.31. The number of carbonyl (C=O) groups is 1. The number of fused-ring (bicyclic) bond motifs is 2. The number of hydrogen-bond acceptors (Lipinski definition) is 5. The third-order valence-electron chi connectivity index (χ3n) is 4.31. The van der Waals surface area contributed by atoms with Crippen LogP contribution in [0.15, 0.2) is 45.6 Å². The van der Waals surface area contributed by atoms with Crippen molar-refractivity contribution in [2.24, 2.45) is 9.98 Å². The first-order valence-electron chi connectivity index (χ1n) is 7.80. The zero-order valence-electron chi connectivity index (χ0n) is 13.0. The fourth-order valence-electron chi connectivity index (χ4n) is 3.14. The average Bonchev–Trinajstić information content (AvgIpc) is 3.09. The molecule has 6 nitrogen and oxygen atoms in total. The van der Waals surface area contributed by atoms with Crippen molar-refractivity contribution in [1.29, 1.82) is 0 Å². The number of carbonyl (C=O) groups excluding carboxylic acids is 1. The lowest BCUT2D eigenvalue weighted by molar-refractivity contribution is -0.125. The molecule has 3 aliphatic rings. The number of nitrogens with zero attached hydrogens (tertiary/aromatic N) is 4. The summed E-state index contributed by atoms with van der Waals surface area (Å²) in [5.74, 6) is 2.35. The standard InChI is InChI=1S/C17H18N4O2/c1-23-13-5-3-12(4-6-13)11-21-16(22)14-7-9-18-15(14)20-10-2-8-19-17(20)21/h3-6,9H,2,7-8,10-11H2,1H3. The summed E-state index contributed by atoms with van der Waals surface area (Å²) in [5.41, 5.74) is 1.83. The normalized spacial score (nSPS) is 19.7. The van der Waals surface area contributed by atoms with Crippen molar-refractivity contribution in [2.45, 2.75) is 19.4 Å². The average molecular weight is 310 g/mol. The maximum Gasteiger partial charge on any atom is 0.260 e. The highest BCUT2D eigenvalue weighted by atomic mass is 16.5. The molecule has 3 aliphatic heterocycles. The van der Waals surface area contributed by atoms with E-state index in [0.717, 1.165) is 48.2 Å². The molecule has 6 heteroatoms. The zero-order valence-corrected chi connectivity index (χ0v) is 13.0. The van der Waals surface area contributed by atoms with Crippen LogP contribution in [0.2, 0.25) is 0 Å². The Morgan fingerprint density at radius 1 is 1.26 bits per heavy atom. The van der Waals surface area contributed by atoms with Gasteiger partial charge in [-0.05, 0) is 24.1 Å². The van der Waals surface area contributed by atoms with E-state index in [9.17, 15) is 4.79 Å². The summed E-state index contributed by atoms with van der Waals surface area (Å²) < 4.78 is 5.19. The number of guanidine groups is 1. The van der Waals surface area contributed by atoms with Crippen LogP contribution in [0.4, 0.5) is 0 Å². The monoisotopic (exact) mass is 310 g/mol. The van der Waals surface area contributed by atoms with E-state index in [0.29, 0.717) is 13.0 Å². The van der Waals surface area contributed by atoms with Gasteiger partial charge in [0.25, 0.3) is 5.91 Å². The first kappa shape index (κ1) is 14.0. The molecule has 1 aromatic carbocycles. The molecule has 1 amide bonds. The number of aliphatic imine (C=N–C) groups is 2. The van der Waals surface area contributed by atoms with E-state index in [4.69, 9.17) is 4.74 Å². The maximum atomic E-state index is 12.8. The number of rotatable bonds is 3. The Morgan fingerprint density at radius 2 is 2.09 bits per heavy atom. The van der Waals surface area contributed by atoms with Crippen LogP contribution in [-0.4, -0.2) is 48.1 Å². The summed E-state index contributed by atoms with van der Waals surface area (Å²) in [6, 6.07) is 7.78. The quantitative estimate of drug-likeness (QED) is 0.855. The number of benzene rings is 1. The van der Waals surface area contributed by atoms with Gasteiger partial charge < -0.3 is 4.74 Å². The summed E-state index contributed by atoms with van der Waals surface area (Å²) in [7, 11) is 1.64. The molecule has 0 aliphatic carbocycles. The molecule has 3 heterocycles. The second kappa shape index (κ2) is 5.53. The molecule has 0 aromatic heterocycles. The third kappa shape index (κ3) is 2.30. The van der Waals surface area contributed by atoms with Gasteiger partial charge in [-0.2, -0.15) is 0 Å². The van der Waals surface area contributed by atoms with Crippen molar-refractivity contribution in [2.75, 3.05) is 20.2 Å². The van der Waals surface area contributed by atoms with Gasteiger partial charge in [0.05, 0.1) is 19.2 Å². The topological polar surface area (TPSA) is 57.5 Å². The number of ether oxygens (including phenoxy) is 1. The Morgan fingerprint density at radius 3 is 2.87 bits per heavy atom. The molecule has 0 atom stereocenters. The summed E-state index contributed by atoms with van der Waals surface area (Å²) >= 11 is 0. The summed E-state index contributed by atoms with van der Waals surface area (Å²) in [6.07, 6.45) is 3.41. The minimum Gasteiger partial charge on any atom is -0.497 e. The highest BCUT2D eigenvalue weighted by Crippen LogP contribution is 2.31. The van der Waals surface area contributed by atoms with Gasteiger partial charge in [0.15, 0.2) is 0 Å². The molecule has 118 valence electrons. The number of hydrogen-bond donors (Lipinski definition) is 0. The van der Waals surface area contributed by atoms with E-state index in [1.54, 1.807) is 12.0 Å². The van der Waals surface area contributed by atoms with Gasteiger partial charge in [-0.25, -0.2) is 4.99 Å². The van der Waals surface area contributed by atoms with Crippen LogP contribution >= 0.6 is 0 Å². The van der Waals surface area contributed by atoms with E-state index >= 15 is 0 Å². The Kier molecular flexibility index (Phi) is 3.37. The van der Waals surface area contributed by atoms with Crippen LogP contribution < -0.4 is 4.74 Å². The summed E-state index contributed by atoms with van der Waals surface area (Å²) in [5, 5.41) is 0. The lowest BCUT2D eigenvalue weighted by Gasteiger charge is -2.39. The van der Waals surface area contributed by atoms with Crippen molar-refractivity contribution >= 4 is 18.1 Å². The lowest BCUT2D eigenvalue weighted by atomic mass is 10.1. The van der Waals surface area contributed by atoms with Gasteiger partial charge in [-0.1, -0.05) is 12.1 Å². The molecular formula is C17H18N4O2. The van der Waals surface area contributed by atoms with Crippen LogP contribution in [-0.2, 0) is 11.3 Å². The second-order valence-corrected chi connectivity index (χ2v) is 5.74. The van der Waals surface area contributed by atoms with Crippen LogP contribution in [0.1, 0.15) is 18.4 Å². The van der Waals surface area contributed by atoms with E-state index < -0.39 is 0 Å². The van der Waals surface area contributed by atoms with Crippen LogP contribution in [0.25, 0.3) is 0 Å². The van der Waals surface area contributed by atoms with E-state index in [1.807, 2.05) is 30.5 Å². The van der Waals surface area contributed by atoms with Crippen molar-refractivity contribution in [1.82, 2.24) is 9.80 Å². The Labute approximate surface area is 134 Å². The van der Waals surface area contributed by atoms with Crippen molar-refractivity contribution in [3.8, 4) is 5.75 Å². The highest BCUT2D eigenvalue weighted by Gasteiger charge is 2.39. The van der Waals surface area contributed by atoms with E-state index in [1.165, 1.54) is 0 Å². The molecule has 0 saturated heterocycles. The molecule has 0 fully saturated rings. The van der Waals surface area contributed by atoms with Gasteiger partial charge in [0.1, 0.15) is 11.6 Å². The fraction of sp³-hybridized carbons (Fsp3) is 0.353. The minimum absolute atomic E-state index is 0.0187. The second-order valence-electron chi connectivity index (χ2n) is 5.74. The van der Waals surface area contributed by atoms with Gasteiger partial charge in [-0.3, -0.25) is 19.6 Å². The summed E-state index contributed by atoms with van der Waals surface area (Å²) in [4.78, 5) is 25.7. The molecule has 0 saturated carbocycles. The largest absolute Gasteiger partial charge is 0.497 e. The molecule has 4 rings (SSSR count). The van der Waals surface area contributed by atoms with Gasteiger partial charge >= 0.3 is 0 Å². The lowest BCUT2D eigenvalue weighted by Crippen LogP contribution is -2.52. The van der Waals surface area contributed by atoms with E-state index in [-0.39, 0.29) is 5.91 Å². The van der Waals surface area contributed by atoms with Crippen LogP contribution in [0, 0.1) is 0 Å². The highest BCUT2D eigenvalue weighted by molar-refractivity contribution is 6.11. The maximum absolute atomic E-state index is 12.8. The predicted molar refractivity (Wildman–Crippen MR) is 87.3 cm³/mol. The smallest absolute Gasteiger partial charge is 0.260 e. The van der Waals surface area contributed by atoms with Crippen molar-refractivity contribution in [3.63, 3.8) is 0 Å². The zero-order chi connectivity index (χ0) is 15.8. The molecule has 0 unspecified atom stereocenters. The Bertz CT molecular complexity index is 733. The van der Waals surface area contributed by atoms with Gasteiger partial charge in [0.2, 0.25) is 5.96 Å². The number of amides is 1. The molecular weight excluding hydrogens is 292 g/mol. The van der Waals surface area contributed by atoms with Crippen LogP contribution in [0.3, 0.4) is 0 Å². The van der Waals surface area contributed by atoms with Crippen molar-refractivity contribution in [3.05, 3.63) is 41.2 Å². The Hall–Kier alpha value is -2.63. The van der Waals surface area contributed by atoms with E-state index in [2.05, 4.69) is 14.9 Å². The van der Waals surface area contributed by atoms with Crippen LogP contribution in [0.5, 0.6) is 5.75 Å². The number of methoxy groups -OCH3 is 1. The van der Waals surface area contributed by atoms with Crippen molar-refractivity contribution < 1.29 is 9.53 Å². The van der Waals surface area contributed by atoms with Gasteiger partial charge in [0, 0.05) is 25.7 Å². The summed E-state index contributed by atoms with van der Waals surface area (Å²) in [6.45, 7) is 2.13. The predicted octanol–water partition coefficient (Wildman–Crippen LogP) is 1.79. The molecule has 0 radical (unpaired) electrons. The fourth-order valence-corrected chi connectivity index (χ4v) is 3.14. The Balaban J connectivity index is 1.66. The first-order valence-corrected chi connectivity index (χ1v) is 7.80. The molecule has 23 heavy (non-hydrogen) atoms. The SMILES string of the molecule is COc1ccc(CN2C(=O)C3=C(N=CC3)N3CCCN=C23)cc1. The molecule has 1 aromatic rings. The molecule has 0 bridgehead atoms. The van der Waals surface area contributed by atoms with Gasteiger partial charge in [-0.15, -0.1) is 0 Å².